The van der Waals surface area contributed by atoms with Gasteiger partial charge >= 0.3 is 0 Å². The molecule has 710 valence electrons. The van der Waals surface area contributed by atoms with Crippen molar-refractivity contribution >= 4 is 17.6 Å². The topological polar surface area (TPSA) is 856 Å². The van der Waals surface area contributed by atoms with Gasteiger partial charge in [0.2, 0.25) is 11.8 Å². The molecule has 10 rings (SSSR count). The first-order valence-corrected chi connectivity index (χ1v) is 39.2. The molecule has 1 aromatic rings. The number of carbonyl (C=O) groups excluding carboxylic acids is 2. The fraction of sp³-hybridized carbons (Fsp3) is 0.899. The maximum Gasteiger partial charge on any atom is 0.217 e. The zero-order chi connectivity index (χ0) is 90.2. The molecule has 123 heavy (non-hydrogen) atoms. The minimum atomic E-state index is -2.66. The summed E-state index contributed by atoms with van der Waals surface area (Å²) in [5.74, 6) is -1.51. The standard InChI is InChI=1S/C69H114N4O50/c1-18(82)72-20(7-71-31-5-3-4-6-70-31)33(85)54(21(84)8-74)117-61-32(73-19(2)83)42(94)55(28(15-81)114-61)118-66-53(105)57(120-68-60(48(100)39(91)26(13-79)112-68)123-69-59(47(99)38(90)27(14-80)113-69)122-65-51(103)45(97)36(88)24(11-77)110-65)41(93)30(116-66)17-107-63-52(104)56(40(92)29(115-63)16-106-62-49(101)43(95)34(86)22(9-75)108-62)119-67-58(46(98)37(89)25(12-78)111-67)121-64-50(102)44(96)35(87)23(10-76)109-64/h3-6,20-30,32-69,74-81,84-105H,7-17H2,1-2H3,(H,70,71)(H,72,82)(H,73,83)/t20-,21+,22+,23+,24+,25+,26+,27+,28+,29+,30+,32+,33+,34+,35+,36+,37+,38+,39+,40+,41+,42+,43-,44-,45-,46-,47-,48-,49-,50-,51-,52-,53-,54+,55+,56-,57-,58-,59-,60-,61-,62-,63-,64+,65+,66-,67+,68+,69+/m0/s1. The van der Waals surface area contributed by atoms with Crippen LogP contribution in [-0.4, -0.2) is 543 Å². The van der Waals surface area contributed by atoms with Crippen LogP contribution in [0.25, 0.3) is 0 Å². The number of nitrogens with one attached hydrogen (secondary N) is 3. The fourth-order valence-electron chi connectivity index (χ4n) is 15.3. The van der Waals surface area contributed by atoms with Gasteiger partial charge in [0.25, 0.3) is 0 Å². The Kier molecular flexibility index (Phi) is 37.2. The van der Waals surface area contributed by atoms with Crippen molar-refractivity contribution in [1.82, 2.24) is 15.6 Å². The molecule has 0 aliphatic carbocycles. The number of aliphatic hydroxyl groups is 30. The third-order valence-corrected chi connectivity index (χ3v) is 22.3. The average Bonchev–Trinajstić information content (AvgIpc) is 0.765. The molecule has 33 N–H and O–H groups in total. The van der Waals surface area contributed by atoms with Crippen LogP contribution in [0.3, 0.4) is 0 Å². The van der Waals surface area contributed by atoms with Crippen molar-refractivity contribution in [2.75, 3.05) is 77.9 Å². The lowest BCUT2D eigenvalue weighted by atomic mass is 9.94. The molecule has 2 amide bonds. The van der Waals surface area contributed by atoms with Crippen LogP contribution < -0.4 is 16.0 Å². The van der Waals surface area contributed by atoms with Crippen LogP contribution in [0.2, 0.25) is 0 Å². The normalized spacial score (nSPS) is 46.7. The number of carbonyl (C=O) groups is 2. The molecule has 9 aliphatic rings. The Bertz CT molecular complexity index is 3340. The molecule has 9 saturated heterocycles. The lowest BCUT2D eigenvalue weighted by molar-refractivity contribution is -0.408. The van der Waals surface area contributed by atoms with E-state index in [2.05, 4.69) is 20.9 Å². The third kappa shape index (κ3) is 22.9. The summed E-state index contributed by atoms with van der Waals surface area (Å²) in [5, 5.41) is 342. The number of aliphatic hydroxyl groups excluding tert-OH is 30. The van der Waals surface area contributed by atoms with E-state index in [1.165, 1.54) is 12.3 Å². The second kappa shape index (κ2) is 45.2. The van der Waals surface area contributed by atoms with Crippen molar-refractivity contribution in [3.8, 4) is 0 Å². The van der Waals surface area contributed by atoms with Crippen molar-refractivity contribution in [3.63, 3.8) is 0 Å². The molecule has 0 bridgehead atoms. The predicted octanol–water partition coefficient (Wildman–Crippen LogP) is -21.4. The van der Waals surface area contributed by atoms with Crippen LogP contribution in [0, 0.1) is 0 Å². The van der Waals surface area contributed by atoms with E-state index < -0.39 is 379 Å². The van der Waals surface area contributed by atoms with E-state index in [1.807, 2.05) is 0 Å². The lowest BCUT2D eigenvalue weighted by Crippen LogP contribution is -2.70. The number of pyridine rings is 1. The fourth-order valence-corrected chi connectivity index (χ4v) is 15.3. The van der Waals surface area contributed by atoms with Gasteiger partial charge in [0.1, 0.15) is 244 Å². The highest BCUT2D eigenvalue weighted by molar-refractivity contribution is 5.73. The maximum absolute atomic E-state index is 13.2. The highest BCUT2D eigenvalue weighted by Crippen LogP contribution is 2.40. The molecule has 9 fully saturated rings. The van der Waals surface area contributed by atoms with Gasteiger partial charge in [-0.2, -0.15) is 0 Å². The molecular weight excluding hydrogens is 1680 g/mol. The van der Waals surface area contributed by atoms with Gasteiger partial charge in [-0.1, -0.05) is 6.07 Å². The first-order chi connectivity index (χ1) is 58.4. The van der Waals surface area contributed by atoms with E-state index >= 15 is 0 Å². The SMILES string of the molecule is CC(=O)N[C@H]1[C@H](O[C@@H]([C@H](O)[C@H](CNc2ccccn2)NC(C)=O)[C@H](O)CO)O[C@H](CO)[C@@H](O[C@@H]2O[C@H](CO[C@H]3O[C@H](CO[C@H]4O[C@H](CO)[C@@H](O)[C@H](O)[C@@H]4O)[C@@H](O)[C@H](O[C@H]4O[C@H](CO)[C@@H](O)[C@H](O)[C@@H]4O[C@H]4O[C@H](CO)[C@@H](O)[C@H](O)[C@@H]4O)[C@@H]3O)[C@@H](O)[C@H](O[C@H]3O[C@H](CO)[C@@H](O)[C@H](O)[C@@H]3O[C@H]3O[C@H](CO)[C@@H](O)[C@H](O)[C@@H]3O[C@H]3O[C@H](CO)[C@@H](O)[C@H](O)[C@@H]3O)[C@@H]2O)[C@@H]1O. The molecule has 1 aromatic heterocycles. The highest BCUT2D eigenvalue weighted by atomic mass is 16.8. The van der Waals surface area contributed by atoms with Crippen molar-refractivity contribution in [1.29, 1.82) is 0 Å². The van der Waals surface area contributed by atoms with Crippen molar-refractivity contribution in [2.24, 2.45) is 0 Å². The van der Waals surface area contributed by atoms with E-state index in [9.17, 15) is 163 Å². The van der Waals surface area contributed by atoms with Crippen LogP contribution in [0.4, 0.5) is 5.82 Å². The molecule has 0 saturated carbocycles. The number of ether oxygens (including phenoxy) is 18. The molecule has 0 radical (unpaired) electrons. The number of amides is 2. The molecule has 0 unspecified atom stereocenters. The zero-order valence-electron chi connectivity index (χ0n) is 65.4. The summed E-state index contributed by atoms with van der Waals surface area (Å²) in [6.07, 6.45) is -102. The summed E-state index contributed by atoms with van der Waals surface area (Å²) in [4.78, 5) is 29.9. The Balaban J connectivity index is 1.01. The van der Waals surface area contributed by atoms with Crippen LogP contribution in [0.5, 0.6) is 0 Å². The van der Waals surface area contributed by atoms with Gasteiger partial charge in [0.15, 0.2) is 56.6 Å². The largest absolute Gasteiger partial charge is 0.394 e. The summed E-state index contributed by atoms with van der Waals surface area (Å²) in [7, 11) is 0. The van der Waals surface area contributed by atoms with E-state index in [0.717, 1.165) is 13.8 Å². The Morgan fingerprint density at radius 1 is 0.358 bits per heavy atom. The van der Waals surface area contributed by atoms with Gasteiger partial charge < -0.3 is 254 Å². The Hall–Kier alpha value is -4.03. The van der Waals surface area contributed by atoms with E-state index in [-0.39, 0.29) is 12.4 Å². The van der Waals surface area contributed by atoms with Crippen molar-refractivity contribution in [2.45, 2.75) is 314 Å². The Morgan fingerprint density at radius 2 is 0.691 bits per heavy atom. The number of anilines is 1. The molecule has 9 aliphatic heterocycles. The van der Waals surface area contributed by atoms with Gasteiger partial charge in [-0.25, -0.2) is 4.98 Å². The summed E-state index contributed by atoms with van der Waals surface area (Å²) in [6.45, 7) is -9.85. The number of hydrogen-bond donors (Lipinski definition) is 33. The van der Waals surface area contributed by atoms with Crippen molar-refractivity contribution in [3.05, 3.63) is 24.4 Å². The summed E-state index contributed by atoms with van der Waals surface area (Å²) in [5.41, 5.74) is 0. The van der Waals surface area contributed by atoms with E-state index in [4.69, 9.17) is 85.3 Å². The second-order valence-corrected chi connectivity index (χ2v) is 30.7. The van der Waals surface area contributed by atoms with Crippen LogP contribution in [0.1, 0.15) is 13.8 Å². The smallest absolute Gasteiger partial charge is 0.217 e. The number of nitrogens with zero attached hydrogens (tertiary/aromatic N) is 1. The summed E-state index contributed by atoms with van der Waals surface area (Å²) < 4.78 is 106. The molecule has 0 spiro atoms. The van der Waals surface area contributed by atoms with Crippen LogP contribution in [-0.2, 0) is 94.9 Å². The van der Waals surface area contributed by atoms with Gasteiger partial charge in [-0.15, -0.1) is 0 Å². The Labute approximate surface area is 696 Å². The molecule has 54 heteroatoms. The second-order valence-electron chi connectivity index (χ2n) is 30.7. The lowest BCUT2D eigenvalue weighted by Gasteiger charge is -2.51. The van der Waals surface area contributed by atoms with Gasteiger partial charge in [-0.3, -0.25) is 9.59 Å². The third-order valence-electron chi connectivity index (χ3n) is 22.3. The minimum absolute atomic E-state index is 0.226. The zero-order valence-corrected chi connectivity index (χ0v) is 65.4. The van der Waals surface area contributed by atoms with E-state index in [1.54, 1.807) is 12.1 Å². The quantitative estimate of drug-likeness (QED) is 0.0297. The molecule has 0 aromatic carbocycles. The number of aromatic nitrogens is 1. The predicted molar refractivity (Wildman–Crippen MR) is 381 cm³/mol. The monoisotopic (exact) mass is 1800 g/mol. The molecule has 49 atom stereocenters. The highest BCUT2D eigenvalue weighted by Gasteiger charge is 2.61. The first-order valence-electron chi connectivity index (χ1n) is 39.2. The number of hydrogen-bond acceptors (Lipinski definition) is 52. The Morgan fingerprint density at radius 3 is 1.08 bits per heavy atom. The van der Waals surface area contributed by atoms with Crippen molar-refractivity contribution < 1.29 is 248 Å². The van der Waals surface area contributed by atoms with Crippen LogP contribution in [0.15, 0.2) is 24.4 Å². The van der Waals surface area contributed by atoms with Gasteiger partial charge in [0.05, 0.1) is 72.1 Å². The molecule has 10 heterocycles. The first kappa shape index (κ1) is 101. The van der Waals surface area contributed by atoms with E-state index in [0.29, 0.717) is 0 Å². The van der Waals surface area contributed by atoms with Gasteiger partial charge in [0, 0.05) is 26.6 Å². The summed E-state index contributed by atoms with van der Waals surface area (Å²) >= 11 is 0. The minimum Gasteiger partial charge on any atom is -0.394 e. The molecular formula is C69H114N4O50. The van der Waals surface area contributed by atoms with Crippen LogP contribution >= 0.6 is 0 Å². The maximum atomic E-state index is 13.2. The number of rotatable bonds is 36. The van der Waals surface area contributed by atoms with Gasteiger partial charge in [-0.05, 0) is 12.1 Å². The summed E-state index contributed by atoms with van der Waals surface area (Å²) in [6, 6.07) is 1.22. The average molecular weight is 1800 g/mol. The molecule has 54 nitrogen and oxygen atoms in total.